The number of hydrogen-bond donors (Lipinski definition) is 1. The molecule has 5 nitrogen and oxygen atoms in total. The zero-order valence-electron chi connectivity index (χ0n) is 16.4. The van der Waals surface area contributed by atoms with Crippen LogP contribution in [0.25, 0.3) is 0 Å². The smallest absolute Gasteiger partial charge is 0.193 e. The fraction of sp³-hybridized carbons (Fsp3) is 0.650. The molecule has 27 heavy (non-hydrogen) atoms. The first-order chi connectivity index (χ1) is 12.5. The Kier molecular flexibility index (Phi) is 8.30. The molecule has 2 heterocycles. The summed E-state index contributed by atoms with van der Waals surface area (Å²) in [4.78, 5) is 6.65. The first kappa shape index (κ1) is 22.4. The molecule has 2 aliphatic rings. The highest BCUT2D eigenvalue weighted by molar-refractivity contribution is 14.0. The molecule has 0 amide bonds. The fourth-order valence-electron chi connectivity index (χ4n) is 3.73. The standard InChI is InChI=1S/C20H30FN3O2.HI/c1-20(2,15-7-4-5-8-16(15)21)14-23-19(22-3)24-10-12-26-18(13-24)17-9-6-11-25-17;/h4-5,7-8,17-18H,6,9-14H2,1-3H3,(H,22,23);1H. The third-order valence-corrected chi connectivity index (χ3v) is 5.28. The first-order valence-electron chi connectivity index (χ1n) is 9.45. The number of rotatable bonds is 4. The molecule has 7 heteroatoms. The van der Waals surface area contributed by atoms with Crippen LogP contribution in [0, 0.1) is 5.82 Å². The highest BCUT2D eigenvalue weighted by Crippen LogP contribution is 2.25. The molecular weight excluding hydrogens is 460 g/mol. The van der Waals surface area contributed by atoms with E-state index in [-0.39, 0.29) is 47.4 Å². The number of hydrogen-bond acceptors (Lipinski definition) is 3. The van der Waals surface area contributed by atoms with Gasteiger partial charge in [0.25, 0.3) is 0 Å². The zero-order chi connectivity index (χ0) is 18.6. The molecule has 1 aromatic carbocycles. The third kappa shape index (κ3) is 5.54. The number of morpholine rings is 1. The molecule has 0 radical (unpaired) electrons. The number of halogens is 2. The fourth-order valence-corrected chi connectivity index (χ4v) is 3.73. The summed E-state index contributed by atoms with van der Waals surface area (Å²) >= 11 is 0. The maximum atomic E-state index is 14.2. The second-order valence-electron chi connectivity index (χ2n) is 7.67. The van der Waals surface area contributed by atoms with Crippen molar-refractivity contribution in [2.45, 2.75) is 44.3 Å². The summed E-state index contributed by atoms with van der Waals surface area (Å²) in [5.74, 6) is 0.666. The number of guanidine groups is 1. The Morgan fingerprint density at radius 3 is 2.67 bits per heavy atom. The van der Waals surface area contributed by atoms with Crippen molar-refractivity contribution in [1.29, 1.82) is 0 Å². The van der Waals surface area contributed by atoms with Crippen LogP contribution in [-0.4, -0.2) is 63.0 Å². The van der Waals surface area contributed by atoms with Gasteiger partial charge in [0.1, 0.15) is 11.9 Å². The van der Waals surface area contributed by atoms with Gasteiger partial charge in [-0.25, -0.2) is 4.39 Å². The van der Waals surface area contributed by atoms with Crippen LogP contribution >= 0.6 is 24.0 Å². The molecule has 0 spiro atoms. The zero-order valence-corrected chi connectivity index (χ0v) is 18.7. The third-order valence-electron chi connectivity index (χ3n) is 5.28. The van der Waals surface area contributed by atoms with Crippen LogP contribution in [-0.2, 0) is 14.9 Å². The Labute approximate surface area is 178 Å². The van der Waals surface area contributed by atoms with Crippen molar-refractivity contribution < 1.29 is 13.9 Å². The minimum Gasteiger partial charge on any atom is -0.375 e. The Morgan fingerprint density at radius 2 is 2.00 bits per heavy atom. The van der Waals surface area contributed by atoms with Gasteiger partial charge in [-0.3, -0.25) is 4.99 Å². The lowest BCUT2D eigenvalue weighted by Gasteiger charge is -2.38. The number of benzene rings is 1. The van der Waals surface area contributed by atoms with Gasteiger partial charge in [-0.1, -0.05) is 32.0 Å². The van der Waals surface area contributed by atoms with E-state index in [4.69, 9.17) is 9.47 Å². The normalized spacial score (nSPS) is 23.9. The van der Waals surface area contributed by atoms with Gasteiger partial charge in [0.15, 0.2) is 5.96 Å². The van der Waals surface area contributed by atoms with Gasteiger partial charge in [0, 0.05) is 38.7 Å². The predicted octanol–water partition coefficient (Wildman–Crippen LogP) is 3.18. The minimum atomic E-state index is -0.346. The molecule has 0 aliphatic carbocycles. The maximum Gasteiger partial charge on any atom is 0.193 e. The maximum absolute atomic E-state index is 14.2. The van der Waals surface area contributed by atoms with Gasteiger partial charge in [0.05, 0.1) is 12.7 Å². The van der Waals surface area contributed by atoms with E-state index in [9.17, 15) is 4.39 Å². The van der Waals surface area contributed by atoms with Gasteiger partial charge < -0.3 is 19.7 Å². The summed E-state index contributed by atoms with van der Waals surface area (Å²) in [6.07, 6.45) is 2.44. The van der Waals surface area contributed by atoms with E-state index in [0.29, 0.717) is 18.7 Å². The lowest BCUT2D eigenvalue weighted by atomic mass is 9.84. The molecule has 3 rings (SSSR count). The monoisotopic (exact) mass is 491 g/mol. The summed E-state index contributed by atoms with van der Waals surface area (Å²) < 4.78 is 25.9. The molecule has 2 saturated heterocycles. The molecular formula is C20H31FIN3O2. The Bertz CT molecular complexity index is 635. The van der Waals surface area contributed by atoms with E-state index in [1.54, 1.807) is 13.1 Å². The Balaban J connectivity index is 0.00000261. The molecule has 0 bridgehead atoms. The van der Waals surface area contributed by atoms with E-state index in [2.05, 4.69) is 15.2 Å². The van der Waals surface area contributed by atoms with Crippen molar-refractivity contribution >= 4 is 29.9 Å². The van der Waals surface area contributed by atoms with Gasteiger partial charge in [0.2, 0.25) is 0 Å². The average Bonchev–Trinajstić information content (AvgIpc) is 3.17. The van der Waals surface area contributed by atoms with E-state index in [1.165, 1.54) is 6.07 Å². The van der Waals surface area contributed by atoms with Crippen molar-refractivity contribution in [2.24, 2.45) is 4.99 Å². The SMILES string of the molecule is CN=C(NCC(C)(C)c1ccccc1F)N1CCOC(C2CCCO2)C1.I. The van der Waals surface area contributed by atoms with Crippen molar-refractivity contribution in [3.05, 3.63) is 35.6 Å². The molecule has 1 N–H and O–H groups in total. The van der Waals surface area contributed by atoms with Crippen molar-refractivity contribution in [3.8, 4) is 0 Å². The number of nitrogens with one attached hydrogen (secondary N) is 1. The van der Waals surface area contributed by atoms with Crippen LogP contribution in [0.3, 0.4) is 0 Å². The molecule has 1 aromatic rings. The Hall–Kier alpha value is -0.930. The van der Waals surface area contributed by atoms with Crippen molar-refractivity contribution in [2.75, 3.05) is 39.9 Å². The molecule has 0 saturated carbocycles. The molecule has 2 unspecified atom stereocenters. The molecule has 0 aromatic heterocycles. The first-order valence-corrected chi connectivity index (χ1v) is 9.45. The highest BCUT2D eigenvalue weighted by atomic mass is 127. The van der Waals surface area contributed by atoms with Gasteiger partial charge in [-0.15, -0.1) is 24.0 Å². The lowest BCUT2D eigenvalue weighted by molar-refractivity contribution is -0.0817. The quantitative estimate of drug-likeness (QED) is 0.400. The average molecular weight is 491 g/mol. The van der Waals surface area contributed by atoms with E-state index in [0.717, 1.165) is 38.5 Å². The number of ether oxygens (including phenoxy) is 2. The van der Waals surface area contributed by atoms with Crippen LogP contribution in [0.4, 0.5) is 4.39 Å². The molecule has 2 aliphatic heterocycles. The van der Waals surface area contributed by atoms with E-state index < -0.39 is 0 Å². The van der Waals surface area contributed by atoms with Crippen LogP contribution in [0.2, 0.25) is 0 Å². The van der Waals surface area contributed by atoms with Gasteiger partial charge >= 0.3 is 0 Å². The number of nitrogens with zero attached hydrogens (tertiary/aromatic N) is 2. The second kappa shape index (κ2) is 10.0. The second-order valence-corrected chi connectivity index (χ2v) is 7.67. The minimum absolute atomic E-state index is 0. The topological polar surface area (TPSA) is 46.1 Å². The highest BCUT2D eigenvalue weighted by Gasteiger charge is 2.33. The van der Waals surface area contributed by atoms with Gasteiger partial charge in [-0.2, -0.15) is 0 Å². The largest absolute Gasteiger partial charge is 0.375 e. The summed E-state index contributed by atoms with van der Waals surface area (Å²) in [5.41, 5.74) is 0.365. The van der Waals surface area contributed by atoms with Crippen molar-refractivity contribution in [1.82, 2.24) is 10.2 Å². The molecule has 2 atom stereocenters. The number of aliphatic imine (C=N–C) groups is 1. The van der Waals surface area contributed by atoms with Crippen LogP contribution < -0.4 is 5.32 Å². The predicted molar refractivity (Wildman–Crippen MR) is 116 cm³/mol. The van der Waals surface area contributed by atoms with Crippen LogP contribution in [0.5, 0.6) is 0 Å². The van der Waals surface area contributed by atoms with Gasteiger partial charge in [-0.05, 0) is 24.5 Å². The molecule has 152 valence electrons. The van der Waals surface area contributed by atoms with Crippen LogP contribution in [0.15, 0.2) is 29.3 Å². The molecule has 2 fully saturated rings. The van der Waals surface area contributed by atoms with E-state index in [1.807, 2.05) is 26.0 Å². The summed E-state index contributed by atoms with van der Waals surface area (Å²) in [7, 11) is 1.79. The Morgan fingerprint density at radius 1 is 1.26 bits per heavy atom. The summed E-state index contributed by atoms with van der Waals surface area (Å²) in [6, 6.07) is 6.96. The van der Waals surface area contributed by atoms with E-state index >= 15 is 0 Å². The lowest BCUT2D eigenvalue weighted by Crippen LogP contribution is -2.54. The van der Waals surface area contributed by atoms with Crippen LogP contribution in [0.1, 0.15) is 32.3 Å². The summed E-state index contributed by atoms with van der Waals surface area (Å²) in [5, 5.41) is 3.43. The van der Waals surface area contributed by atoms with Crippen molar-refractivity contribution in [3.63, 3.8) is 0 Å². The summed E-state index contributed by atoms with van der Waals surface area (Å²) in [6.45, 7) is 7.74.